The van der Waals surface area contributed by atoms with Gasteiger partial charge in [0.15, 0.2) is 5.82 Å². The van der Waals surface area contributed by atoms with Crippen LogP contribution in [0.3, 0.4) is 0 Å². The van der Waals surface area contributed by atoms with Gasteiger partial charge in [0.05, 0.1) is 17.9 Å². The van der Waals surface area contributed by atoms with Gasteiger partial charge in [0, 0.05) is 37.2 Å². The molecule has 26 heavy (non-hydrogen) atoms. The summed E-state index contributed by atoms with van der Waals surface area (Å²) in [4.78, 5) is 14.6. The van der Waals surface area contributed by atoms with Crippen molar-refractivity contribution in [1.82, 2.24) is 20.0 Å². The summed E-state index contributed by atoms with van der Waals surface area (Å²) in [6.45, 7) is 2.55. The highest BCUT2D eigenvalue weighted by Gasteiger charge is 2.30. The van der Waals surface area contributed by atoms with Gasteiger partial charge in [-0.3, -0.25) is 4.79 Å². The molecule has 136 valence electrons. The normalized spacial score (nSPS) is 19.6. The van der Waals surface area contributed by atoms with E-state index in [1.165, 1.54) is 24.1 Å². The smallest absolute Gasteiger partial charge is 0.267 e. The number of aryl methyl sites for hydroxylation is 3. The summed E-state index contributed by atoms with van der Waals surface area (Å²) in [6, 6.07) is 4.01. The monoisotopic (exact) mass is 369 g/mol. The van der Waals surface area contributed by atoms with Gasteiger partial charge in [0.2, 0.25) is 0 Å². The Morgan fingerprint density at radius 1 is 1.04 bits per heavy atom. The number of aromatic nitrogens is 4. The van der Waals surface area contributed by atoms with Gasteiger partial charge in [-0.05, 0) is 48.6 Å². The van der Waals surface area contributed by atoms with E-state index in [-0.39, 0.29) is 5.56 Å². The molecule has 0 N–H and O–H groups in total. The van der Waals surface area contributed by atoms with Gasteiger partial charge in [0.1, 0.15) is 0 Å². The van der Waals surface area contributed by atoms with Crippen LogP contribution in [0.2, 0.25) is 0 Å². The minimum atomic E-state index is 0.0401. The SMILES string of the molecule is O=c1cc2c(nn1CC1CN(c3cc4c(nn3)CCCC4)C1)CCSC2. The first-order valence-corrected chi connectivity index (χ1v) is 10.7. The van der Waals surface area contributed by atoms with Crippen LogP contribution >= 0.6 is 11.8 Å². The van der Waals surface area contributed by atoms with Crippen molar-refractivity contribution in [1.29, 1.82) is 0 Å². The topological polar surface area (TPSA) is 63.9 Å². The third-order valence-electron chi connectivity index (χ3n) is 5.67. The molecule has 0 saturated carbocycles. The lowest BCUT2D eigenvalue weighted by atomic mass is 9.95. The molecule has 2 aromatic heterocycles. The van der Waals surface area contributed by atoms with Gasteiger partial charge in [-0.1, -0.05) is 0 Å². The number of hydrogen-bond acceptors (Lipinski definition) is 6. The zero-order valence-corrected chi connectivity index (χ0v) is 15.7. The highest BCUT2D eigenvalue weighted by Crippen LogP contribution is 2.27. The van der Waals surface area contributed by atoms with Crippen molar-refractivity contribution in [3.63, 3.8) is 0 Å². The number of rotatable bonds is 3. The fourth-order valence-electron chi connectivity index (χ4n) is 4.13. The minimum absolute atomic E-state index is 0.0401. The molecule has 0 atom stereocenters. The van der Waals surface area contributed by atoms with Crippen molar-refractivity contribution in [3.8, 4) is 0 Å². The van der Waals surface area contributed by atoms with Crippen LogP contribution in [0.25, 0.3) is 0 Å². The lowest BCUT2D eigenvalue weighted by molar-refractivity contribution is 0.330. The maximum atomic E-state index is 12.3. The predicted octanol–water partition coefficient (Wildman–Crippen LogP) is 1.84. The number of anilines is 1. The first-order chi connectivity index (χ1) is 12.8. The average Bonchev–Trinajstić information content (AvgIpc) is 2.64. The molecule has 2 aliphatic heterocycles. The molecule has 2 aromatic rings. The van der Waals surface area contributed by atoms with Crippen LogP contribution in [0.15, 0.2) is 16.9 Å². The summed E-state index contributed by atoms with van der Waals surface area (Å²) < 4.78 is 1.68. The van der Waals surface area contributed by atoms with Crippen LogP contribution in [0.4, 0.5) is 5.82 Å². The molecule has 0 unspecified atom stereocenters. The molecule has 0 bridgehead atoms. The van der Waals surface area contributed by atoms with Crippen LogP contribution in [0, 0.1) is 5.92 Å². The average molecular weight is 369 g/mol. The second-order valence-electron chi connectivity index (χ2n) is 7.59. The summed E-state index contributed by atoms with van der Waals surface area (Å²) in [5.41, 5.74) is 4.83. The molecular weight excluding hydrogens is 346 g/mol. The van der Waals surface area contributed by atoms with E-state index in [4.69, 9.17) is 0 Å². The van der Waals surface area contributed by atoms with E-state index in [0.29, 0.717) is 12.5 Å². The molecule has 1 fully saturated rings. The van der Waals surface area contributed by atoms with E-state index in [1.807, 2.05) is 11.8 Å². The molecule has 5 rings (SSSR count). The van der Waals surface area contributed by atoms with Gasteiger partial charge in [-0.2, -0.15) is 22.0 Å². The number of nitrogens with zero attached hydrogens (tertiary/aromatic N) is 5. The largest absolute Gasteiger partial charge is 0.354 e. The van der Waals surface area contributed by atoms with Gasteiger partial charge >= 0.3 is 0 Å². The Labute approximate surface area is 157 Å². The molecule has 6 nitrogen and oxygen atoms in total. The molecule has 7 heteroatoms. The third kappa shape index (κ3) is 3.02. The van der Waals surface area contributed by atoms with Crippen molar-refractivity contribution < 1.29 is 0 Å². The van der Waals surface area contributed by atoms with E-state index in [1.54, 1.807) is 10.7 Å². The van der Waals surface area contributed by atoms with Crippen LogP contribution in [0.5, 0.6) is 0 Å². The molecular formula is C19H23N5OS. The summed E-state index contributed by atoms with van der Waals surface area (Å²) >= 11 is 1.88. The van der Waals surface area contributed by atoms with Crippen molar-refractivity contribution in [2.75, 3.05) is 23.7 Å². The first-order valence-electron chi connectivity index (χ1n) is 9.54. The molecule has 1 saturated heterocycles. The summed E-state index contributed by atoms with van der Waals surface area (Å²) in [7, 11) is 0. The van der Waals surface area contributed by atoms with E-state index < -0.39 is 0 Å². The summed E-state index contributed by atoms with van der Waals surface area (Å²) in [5.74, 6) is 3.47. The maximum absolute atomic E-state index is 12.3. The number of thioether (sulfide) groups is 1. The van der Waals surface area contributed by atoms with E-state index in [0.717, 1.165) is 60.9 Å². The zero-order chi connectivity index (χ0) is 17.5. The van der Waals surface area contributed by atoms with Crippen molar-refractivity contribution in [2.24, 2.45) is 5.92 Å². The molecule has 3 aliphatic rings. The number of fused-ring (bicyclic) bond motifs is 2. The van der Waals surface area contributed by atoms with Gasteiger partial charge in [0.25, 0.3) is 5.56 Å². The Kier molecular flexibility index (Phi) is 4.19. The Morgan fingerprint density at radius 3 is 2.85 bits per heavy atom. The minimum Gasteiger partial charge on any atom is -0.354 e. The molecule has 1 aliphatic carbocycles. The van der Waals surface area contributed by atoms with E-state index in [9.17, 15) is 4.79 Å². The summed E-state index contributed by atoms with van der Waals surface area (Å²) in [6.07, 6.45) is 5.65. The van der Waals surface area contributed by atoms with Crippen molar-refractivity contribution in [3.05, 3.63) is 45.0 Å². The summed E-state index contributed by atoms with van der Waals surface area (Å²) in [5, 5.41) is 13.5. The van der Waals surface area contributed by atoms with Gasteiger partial charge in [-0.15, -0.1) is 5.10 Å². The third-order valence-corrected chi connectivity index (χ3v) is 6.68. The lowest BCUT2D eigenvalue weighted by Crippen LogP contribution is -2.50. The van der Waals surface area contributed by atoms with E-state index in [2.05, 4.69) is 26.3 Å². The van der Waals surface area contributed by atoms with Crippen LogP contribution in [-0.4, -0.2) is 38.8 Å². The molecule has 4 heterocycles. The standard InChI is InChI=1S/C19H23N5OS/c25-19-8-15-12-26-6-5-17(15)22-24(19)11-13-9-23(10-13)18-7-14-3-1-2-4-16(14)20-21-18/h7-8,13H,1-6,9-12H2. The Morgan fingerprint density at radius 2 is 1.92 bits per heavy atom. The Balaban J connectivity index is 1.26. The van der Waals surface area contributed by atoms with Gasteiger partial charge < -0.3 is 4.90 Å². The quantitative estimate of drug-likeness (QED) is 0.823. The molecule has 0 spiro atoms. The number of hydrogen-bond donors (Lipinski definition) is 0. The highest BCUT2D eigenvalue weighted by atomic mass is 32.2. The maximum Gasteiger partial charge on any atom is 0.267 e. The Bertz CT molecular complexity index is 890. The van der Waals surface area contributed by atoms with E-state index >= 15 is 0 Å². The fraction of sp³-hybridized carbons (Fsp3) is 0.579. The zero-order valence-electron chi connectivity index (χ0n) is 14.9. The van der Waals surface area contributed by atoms with Crippen LogP contribution in [-0.2, 0) is 31.6 Å². The van der Waals surface area contributed by atoms with Crippen LogP contribution in [0.1, 0.15) is 35.4 Å². The molecule has 0 amide bonds. The second kappa shape index (κ2) is 6.68. The van der Waals surface area contributed by atoms with Gasteiger partial charge in [-0.25, -0.2) is 4.68 Å². The first kappa shape index (κ1) is 16.3. The second-order valence-corrected chi connectivity index (χ2v) is 8.70. The fourth-order valence-corrected chi connectivity index (χ4v) is 5.09. The Hall–Kier alpha value is -1.89. The highest BCUT2D eigenvalue weighted by molar-refractivity contribution is 7.98. The van der Waals surface area contributed by atoms with Crippen molar-refractivity contribution >= 4 is 17.6 Å². The van der Waals surface area contributed by atoms with Crippen molar-refractivity contribution in [2.45, 2.75) is 44.4 Å². The molecule has 0 aromatic carbocycles. The molecule has 0 radical (unpaired) electrons. The lowest BCUT2D eigenvalue weighted by Gasteiger charge is -2.40. The predicted molar refractivity (Wildman–Crippen MR) is 103 cm³/mol. The van der Waals surface area contributed by atoms with Crippen LogP contribution < -0.4 is 10.5 Å².